The predicted molar refractivity (Wildman–Crippen MR) is 108 cm³/mol. The number of rotatable bonds is 4. The van der Waals surface area contributed by atoms with Crippen LogP contribution in [0.3, 0.4) is 0 Å². The zero-order chi connectivity index (χ0) is 18.5. The molecule has 0 unspecified atom stereocenters. The highest BCUT2D eigenvalue weighted by molar-refractivity contribution is 6.05. The van der Waals surface area contributed by atoms with Crippen molar-refractivity contribution in [3.05, 3.63) is 83.6 Å². The van der Waals surface area contributed by atoms with Crippen LogP contribution >= 0.6 is 0 Å². The lowest BCUT2D eigenvalue weighted by Gasteiger charge is -2.27. The molecule has 2 aromatic rings. The maximum absolute atomic E-state index is 6.38. The van der Waals surface area contributed by atoms with E-state index in [-0.39, 0.29) is 0 Å². The minimum atomic E-state index is -0.530. The van der Waals surface area contributed by atoms with Gasteiger partial charge in [-0.1, -0.05) is 42.8 Å². The van der Waals surface area contributed by atoms with E-state index in [0.717, 1.165) is 54.1 Å². The highest BCUT2D eigenvalue weighted by Crippen LogP contribution is 2.37. The van der Waals surface area contributed by atoms with Gasteiger partial charge >= 0.3 is 11.6 Å². The molecule has 138 valence electrons. The van der Waals surface area contributed by atoms with Gasteiger partial charge in [0.25, 0.3) is 0 Å². The van der Waals surface area contributed by atoms with Gasteiger partial charge in [0, 0.05) is 0 Å². The van der Waals surface area contributed by atoms with E-state index in [0.29, 0.717) is 0 Å². The van der Waals surface area contributed by atoms with Gasteiger partial charge in [0.2, 0.25) is 0 Å². The average Bonchev–Trinajstić information content (AvgIpc) is 2.73. The second-order valence-electron chi connectivity index (χ2n) is 7.06. The number of methoxy groups -OCH3 is 1. The maximum atomic E-state index is 6.38. The SMILES string of the molecule is COc1ccc(C=CC2=CC(c3ccccc3)=[O+]C3(CCCCC3)O2)cc1. The van der Waals surface area contributed by atoms with E-state index in [2.05, 4.69) is 18.2 Å². The molecule has 1 fully saturated rings. The lowest BCUT2D eigenvalue weighted by atomic mass is 9.93. The van der Waals surface area contributed by atoms with Crippen molar-refractivity contribution in [3.8, 4) is 5.75 Å². The van der Waals surface area contributed by atoms with Crippen molar-refractivity contribution < 1.29 is 13.9 Å². The number of ketones is 1. The van der Waals surface area contributed by atoms with Gasteiger partial charge in [-0.15, -0.1) is 0 Å². The standard InChI is InChI=1S/C24H25O3/c1-25-21-13-10-19(11-14-21)12-15-22-18-23(20-8-4-2-5-9-20)27-24(26-22)16-6-3-7-17-24/h2,4-5,8-15,18H,3,6-7,16-17H2,1H3/q+1. The van der Waals surface area contributed by atoms with Crippen LogP contribution < -0.4 is 4.74 Å². The normalized spacial score (nSPS) is 18.7. The van der Waals surface area contributed by atoms with Gasteiger partial charge in [0.05, 0.1) is 31.6 Å². The van der Waals surface area contributed by atoms with Crippen molar-refractivity contribution in [3.63, 3.8) is 0 Å². The summed E-state index contributed by atoms with van der Waals surface area (Å²) < 4.78 is 17.9. The molecule has 0 aromatic heterocycles. The molecule has 1 heterocycles. The number of carbonyl (C=O) groups excluding carboxylic acids is 1. The molecule has 2 aromatic carbocycles. The first kappa shape index (κ1) is 17.6. The van der Waals surface area contributed by atoms with Crippen molar-refractivity contribution >= 4 is 11.9 Å². The van der Waals surface area contributed by atoms with E-state index in [4.69, 9.17) is 13.9 Å². The molecule has 0 amide bonds. The fraction of sp³-hybridized carbons (Fsp3) is 0.292. The van der Waals surface area contributed by atoms with Gasteiger partial charge in [-0.3, -0.25) is 0 Å². The second kappa shape index (κ2) is 7.83. The molecule has 1 aliphatic carbocycles. The molecule has 1 aliphatic heterocycles. The van der Waals surface area contributed by atoms with E-state index >= 15 is 0 Å². The van der Waals surface area contributed by atoms with Crippen LogP contribution in [0.5, 0.6) is 5.75 Å². The van der Waals surface area contributed by atoms with Gasteiger partial charge in [-0.2, -0.15) is 0 Å². The third-order valence-corrected chi connectivity index (χ3v) is 5.10. The van der Waals surface area contributed by atoms with Crippen LogP contribution in [-0.4, -0.2) is 18.7 Å². The number of ether oxygens (including phenoxy) is 2. The van der Waals surface area contributed by atoms with Gasteiger partial charge in [0.1, 0.15) is 11.5 Å². The molecule has 0 atom stereocenters. The average molecular weight is 361 g/mol. The zero-order valence-corrected chi connectivity index (χ0v) is 15.7. The molecular formula is C24H25O3+. The van der Waals surface area contributed by atoms with Crippen LogP contribution in [0.15, 0.2) is 72.5 Å². The molecule has 2 aliphatic rings. The Morgan fingerprint density at radius 3 is 2.37 bits per heavy atom. The van der Waals surface area contributed by atoms with Gasteiger partial charge < -0.3 is 9.47 Å². The van der Waals surface area contributed by atoms with Crippen LogP contribution in [0.25, 0.3) is 6.08 Å². The minimum absolute atomic E-state index is 0.530. The Kier molecular flexibility index (Phi) is 5.10. The molecule has 0 saturated heterocycles. The van der Waals surface area contributed by atoms with Crippen molar-refractivity contribution in [1.29, 1.82) is 0 Å². The quantitative estimate of drug-likeness (QED) is 0.654. The molecule has 1 saturated carbocycles. The summed E-state index contributed by atoms with van der Waals surface area (Å²) in [7, 11) is 1.68. The Balaban J connectivity index is 1.63. The largest absolute Gasteiger partial charge is 0.497 e. The zero-order valence-electron chi connectivity index (χ0n) is 15.7. The molecule has 3 nitrogen and oxygen atoms in total. The van der Waals surface area contributed by atoms with E-state index in [1.807, 2.05) is 54.6 Å². The van der Waals surface area contributed by atoms with E-state index < -0.39 is 5.79 Å². The maximum Gasteiger partial charge on any atom is 0.429 e. The van der Waals surface area contributed by atoms with Crippen LogP contribution in [0.2, 0.25) is 0 Å². The molecule has 27 heavy (non-hydrogen) atoms. The summed E-state index contributed by atoms with van der Waals surface area (Å²) in [6.07, 6.45) is 11.5. The summed E-state index contributed by atoms with van der Waals surface area (Å²) >= 11 is 0. The fourth-order valence-electron chi connectivity index (χ4n) is 3.64. The fourth-order valence-corrected chi connectivity index (χ4v) is 3.64. The van der Waals surface area contributed by atoms with Gasteiger partial charge in [-0.05, 0) is 48.7 Å². The first-order valence-electron chi connectivity index (χ1n) is 9.61. The third-order valence-electron chi connectivity index (χ3n) is 5.10. The number of allylic oxidation sites excluding steroid dienone is 2. The minimum Gasteiger partial charge on any atom is -0.497 e. The number of benzene rings is 2. The van der Waals surface area contributed by atoms with E-state index in [1.165, 1.54) is 6.42 Å². The van der Waals surface area contributed by atoms with Crippen LogP contribution in [0, 0.1) is 0 Å². The van der Waals surface area contributed by atoms with E-state index in [1.54, 1.807) is 7.11 Å². The van der Waals surface area contributed by atoms with Crippen molar-refractivity contribution in [2.75, 3.05) is 7.11 Å². The Morgan fingerprint density at radius 2 is 1.67 bits per heavy atom. The molecule has 4 rings (SSSR count). The van der Waals surface area contributed by atoms with Crippen LogP contribution in [-0.2, 0) is 4.74 Å². The topological polar surface area (TPSA) is 29.8 Å². The summed E-state index contributed by atoms with van der Waals surface area (Å²) in [6.45, 7) is 0. The molecule has 1 spiro atoms. The monoisotopic (exact) mass is 361 g/mol. The summed E-state index contributed by atoms with van der Waals surface area (Å²) in [4.78, 5) is 0. The summed E-state index contributed by atoms with van der Waals surface area (Å²) in [5.41, 5.74) is 2.19. The number of hydrogen-bond acceptors (Lipinski definition) is 2. The Hall–Kier alpha value is -2.81. The van der Waals surface area contributed by atoms with Gasteiger partial charge in [0.15, 0.2) is 0 Å². The highest BCUT2D eigenvalue weighted by atomic mass is 16.7. The van der Waals surface area contributed by atoms with Crippen molar-refractivity contribution in [1.82, 2.24) is 0 Å². The van der Waals surface area contributed by atoms with E-state index in [9.17, 15) is 0 Å². The number of hydrogen-bond donors (Lipinski definition) is 0. The lowest BCUT2D eigenvalue weighted by Crippen LogP contribution is -2.36. The lowest BCUT2D eigenvalue weighted by molar-refractivity contribution is -0.486. The Labute approximate surface area is 160 Å². The second-order valence-corrected chi connectivity index (χ2v) is 7.06. The van der Waals surface area contributed by atoms with Crippen LogP contribution in [0.1, 0.15) is 47.7 Å². The molecule has 0 N–H and O–H groups in total. The molecule has 3 heteroatoms. The first-order valence-corrected chi connectivity index (χ1v) is 9.61. The van der Waals surface area contributed by atoms with Crippen molar-refractivity contribution in [2.24, 2.45) is 0 Å². The van der Waals surface area contributed by atoms with Crippen molar-refractivity contribution in [2.45, 2.75) is 37.9 Å². The van der Waals surface area contributed by atoms with Gasteiger partial charge in [-0.25, -0.2) is 4.42 Å². The molecular weight excluding hydrogens is 336 g/mol. The highest BCUT2D eigenvalue weighted by Gasteiger charge is 2.48. The Bertz CT molecular complexity index is 854. The third kappa shape index (κ3) is 4.13. The molecule has 0 bridgehead atoms. The smallest absolute Gasteiger partial charge is 0.429 e. The summed E-state index contributed by atoms with van der Waals surface area (Å²) in [5.74, 6) is 2.06. The molecule has 0 radical (unpaired) electrons. The summed E-state index contributed by atoms with van der Waals surface area (Å²) in [6, 6.07) is 18.3. The summed E-state index contributed by atoms with van der Waals surface area (Å²) in [5, 5.41) is 0. The Morgan fingerprint density at radius 1 is 0.926 bits per heavy atom. The predicted octanol–water partition coefficient (Wildman–Crippen LogP) is 5.70. The van der Waals surface area contributed by atoms with Crippen LogP contribution in [0.4, 0.5) is 0 Å². The first-order chi connectivity index (χ1) is 13.3.